The number of rotatable bonds is 5. The molecule has 1 aliphatic carbocycles. The van der Waals surface area contributed by atoms with Crippen LogP contribution in [-0.2, 0) is 10.0 Å². The van der Waals surface area contributed by atoms with Crippen LogP contribution in [0.3, 0.4) is 0 Å². The van der Waals surface area contributed by atoms with Crippen LogP contribution < -0.4 is 4.72 Å². The highest BCUT2D eigenvalue weighted by atomic mass is 79.9. The lowest BCUT2D eigenvalue weighted by atomic mass is 10.1. The smallest absolute Gasteiger partial charge is 0.210 e. The van der Waals surface area contributed by atoms with E-state index in [1.54, 1.807) is 0 Å². The quantitative estimate of drug-likeness (QED) is 0.876. The summed E-state index contributed by atoms with van der Waals surface area (Å²) >= 11 is 10.2. The lowest BCUT2D eigenvalue weighted by Gasteiger charge is -2.10. The topological polar surface area (TPSA) is 46.2 Å². The third-order valence-corrected chi connectivity index (χ3v) is 7.28. The molecule has 7 heteroatoms. The molecule has 0 aromatic carbocycles. The highest BCUT2D eigenvalue weighted by Crippen LogP contribution is 2.37. The Bertz CT molecular complexity index is 491. The van der Waals surface area contributed by atoms with Gasteiger partial charge in [-0.15, -0.1) is 11.3 Å². The van der Waals surface area contributed by atoms with E-state index in [0.717, 1.165) is 11.3 Å². The average Bonchev–Trinajstić information content (AvgIpc) is 3.04. The first-order valence-corrected chi connectivity index (χ1v) is 8.81. The van der Waals surface area contributed by atoms with Crippen molar-refractivity contribution in [2.24, 2.45) is 11.8 Å². The maximum Gasteiger partial charge on any atom is 0.250 e. The zero-order chi connectivity index (χ0) is 12.6. The highest BCUT2D eigenvalue weighted by Gasteiger charge is 2.29. The number of sulfonamides is 1. The first-order valence-electron chi connectivity index (χ1n) is 5.34. The molecule has 0 aliphatic heterocycles. The predicted octanol–water partition coefficient (Wildman–Crippen LogP) is 3.49. The van der Waals surface area contributed by atoms with Gasteiger partial charge in [-0.1, -0.05) is 18.5 Å². The predicted molar refractivity (Wildman–Crippen MR) is 74.1 cm³/mol. The summed E-state index contributed by atoms with van der Waals surface area (Å²) in [5, 5.41) is 0.436. The van der Waals surface area contributed by atoms with E-state index in [4.69, 9.17) is 11.6 Å². The largest absolute Gasteiger partial charge is 0.250 e. The maximum atomic E-state index is 12.0. The molecule has 0 amide bonds. The van der Waals surface area contributed by atoms with E-state index in [-0.39, 0.29) is 4.21 Å². The van der Waals surface area contributed by atoms with Crippen molar-refractivity contribution in [1.29, 1.82) is 0 Å². The SMILES string of the molecule is CC(CNS(=O)(=O)c1cc(Cl)c(Br)s1)C1CC1. The lowest BCUT2D eigenvalue weighted by molar-refractivity contribution is 0.492. The van der Waals surface area contributed by atoms with Crippen LogP contribution >= 0.6 is 38.9 Å². The molecule has 0 saturated heterocycles. The molecule has 1 unspecified atom stereocenters. The van der Waals surface area contributed by atoms with Crippen molar-refractivity contribution in [3.8, 4) is 0 Å². The van der Waals surface area contributed by atoms with Gasteiger partial charge in [0.15, 0.2) is 0 Å². The molecule has 1 aliphatic rings. The third-order valence-electron chi connectivity index (χ3n) is 2.91. The van der Waals surface area contributed by atoms with Crippen LogP contribution in [0.4, 0.5) is 0 Å². The zero-order valence-electron chi connectivity index (χ0n) is 9.24. The number of thiophene rings is 1. The summed E-state index contributed by atoms with van der Waals surface area (Å²) < 4.78 is 27.5. The number of hydrogen-bond donors (Lipinski definition) is 1. The molecule has 1 saturated carbocycles. The highest BCUT2D eigenvalue weighted by molar-refractivity contribution is 9.11. The summed E-state index contributed by atoms with van der Waals surface area (Å²) in [7, 11) is -3.41. The van der Waals surface area contributed by atoms with E-state index in [1.807, 2.05) is 0 Å². The van der Waals surface area contributed by atoms with Crippen LogP contribution in [0.2, 0.25) is 5.02 Å². The van der Waals surface area contributed by atoms with Crippen molar-refractivity contribution in [2.45, 2.75) is 24.0 Å². The van der Waals surface area contributed by atoms with Crippen molar-refractivity contribution < 1.29 is 8.42 Å². The Morgan fingerprint density at radius 1 is 1.65 bits per heavy atom. The molecule has 0 bridgehead atoms. The molecule has 1 heterocycles. The summed E-state index contributed by atoms with van der Waals surface area (Å²) in [6, 6.07) is 1.47. The molecular formula is C10H13BrClNO2S2. The first kappa shape index (κ1) is 13.8. The molecule has 1 N–H and O–H groups in total. The molecular weight excluding hydrogens is 346 g/mol. The van der Waals surface area contributed by atoms with E-state index < -0.39 is 10.0 Å². The van der Waals surface area contributed by atoms with Crippen LogP contribution in [0.15, 0.2) is 14.1 Å². The molecule has 3 nitrogen and oxygen atoms in total. The number of nitrogens with one attached hydrogen (secondary N) is 1. The second-order valence-electron chi connectivity index (χ2n) is 4.35. The van der Waals surface area contributed by atoms with Gasteiger partial charge in [-0.2, -0.15) is 0 Å². The number of hydrogen-bond acceptors (Lipinski definition) is 3. The van der Waals surface area contributed by atoms with Crippen molar-refractivity contribution in [2.75, 3.05) is 6.54 Å². The summed E-state index contributed by atoms with van der Waals surface area (Å²) in [5.74, 6) is 1.10. The van der Waals surface area contributed by atoms with Gasteiger partial charge in [-0.3, -0.25) is 0 Å². The first-order chi connectivity index (χ1) is 7.90. The molecule has 1 aromatic rings. The van der Waals surface area contributed by atoms with Gasteiger partial charge in [0.1, 0.15) is 4.21 Å². The van der Waals surface area contributed by atoms with Gasteiger partial charge in [0.05, 0.1) is 8.81 Å². The fourth-order valence-electron chi connectivity index (χ4n) is 1.60. The normalized spacial score (nSPS) is 18.3. The Morgan fingerprint density at radius 3 is 2.76 bits per heavy atom. The summed E-state index contributed by atoms with van der Waals surface area (Å²) in [5.41, 5.74) is 0. The summed E-state index contributed by atoms with van der Waals surface area (Å²) in [6.45, 7) is 2.58. The average molecular weight is 359 g/mol. The Morgan fingerprint density at radius 2 is 2.29 bits per heavy atom. The second kappa shape index (κ2) is 5.17. The summed E-state index contributed by atoms with van der Waals surface area (Å²) in [6.07, 6.45) is 2.44. The van der Waals surface area contributed by atoms with Gasteiger partial charge in [-0.25, -0.2) is 13.1 Å². The van der Waals surface area contributed by atoms with Gasteiger partial charge in [0.25, 0.3) is 0 Å². The Kier molecular flexibility index (Phi) is 4.20. The van der Waals surface area contributed by atoms with Gasteiger partial charge in [0, 0.05) is 6.54 Å². The van der Waals surface area contributed by atoms with Crippen LogP contribution in [0.1, 0.15) is 19.8 Å². The third kappa shape index (κ3) is 3.44. The molecule has 1 atom stereocenters. The van der Waals surface area contributed by atoms with Crippen molar-refractivity contribution in [3.63, 3.8) is 0 Å². The Hall–Kier alpha value is 0.380. The fraction of sp³-hybridized carbons (Fsp3) is 0.600. The monoisotopic (exact) mass is 357 g/mol. The fourth-order valence-corrected chi connectivity index (χ4v) is 5.19. The van der Waals surface area contributed by atoms with E-state index >= 15 is 0 Å². The molecule has 96 valence electrons. The van der Waals surface area contributed by atoms with E-state index in [1.165, 1.54) is 18.9 Å². The van der Waals surface area contributed by atoms with Crippen molar-refractivity contribution in [1.82, 2.24) is 4.72 Å². The molecule has 0 radical (unpaired) electrons. The lowest BCUT2D eigenvalue weighted by Crippen LogP contribution is -2.28. The Balaban J connectivity index is 2.02. The van der Waals surface area contributed by atoms with Gasteiger partial charge in [-0.05, 0) is 46.7 Å². The second-order valence-corrected chi connectivity index (χ2v) is 9.12. The molecule has 2 rings (SSSR count). The van der Waals surface area contributed by atoms with Crippen LogP contribution in [0.25, 0.3) is 0 Å². The van der Waals surface area contributed by atoms with E-state index in [9.17, 15) is 8.42 Å². The minimum absolute atomic E-state index is 0.261. The van der Waals surface area contributed by atoms with Crippen molar-refractivity contribution in [3.05, 3.63) is 14.9 Å². The zero-order valence-corrected chi connectivity index (χ0v) is 13.2. The van der Waals surface area contributed by atoms with Crippen molar-refractivity contribution >= 4 is 48.9 Å². The molecule has 1 fully saturated rings. The minimum atomic E-state index is -3.41. The van der Waals surface area contributed by atoms with Crippen LogP contribution in [0.5, 0.6) is 0 Å². The maximum absolute atomic E-state index is 12.0. The van der Waals surface area contributed by atoms with E-state index in [0.29, 0.717) is 27.2 Å². The standard InChI is InChI=1S/C10H13BrClNO2S2/c1-6(7-2-3-7)5-13-17(14,15)9-4-8(12)10(11)16-9/h4,6-7,13H,2-3,5H2,1H3. The Labute approximate surface area is 119 Å². The van der Waals surface area contributed by atoms with Gasteiger partial charge < -0.3 is 0 Å². The van der Waals surface area contributed by atoms with Gasteiger partial charge >= 0.3 is 0 Å². The van der Waals surface area contributed by atoms with Gasteiger partial charge in [0.2, 0.25) is 10.0 Å². The molecule has 17 heavy (non-hydrogen) atoms. The molecule has 1 aromatic heterocycles. The minimum Gasteiger partial charge on any atom is -0.210 e. The van der Waals surface area contributed by atoms with Crippen LogP contribution in [-0.4, -0.2) is 15.0 Å². The molecule has 0 spiro atoms. The summed E-state index contributed by atoms with van der Waals surface area (Å²) in [4.78, 5) is 0. The van der Waals surface area contributed by atoms with E-state index in [2.05, 4.69) is 27.6 Å². The number of halogens is 2. The van der Waals surface area contributed by atoms with Crippen LogP contribution in [0, 0.1) is 11.8 Å².